The third-order valence-corrected chi connectivity index (χ3v) is 5.65. The Morgan fingerprint density at radius 3 is 2.84 bits per heavy atom. The maximum Gasteiger partial charge on any atom is 0.229 e. The van der Waals surface area contributed by atoms with Crippen LogP contribution in [0.4, 0.5) is 5.00 Å². The van der Waals surface area contributed by atoms with E-state index in [0.717, 1.165) is 36.1 Å². The second-order valence-electron chi connectivity index (χ2n) is 6.47. The fourth-order valence-corrected chi connectivity index (χ4v) is 4.56. The Bertz CT molecular complexity index is 802. The number of thiophene rings is 1. The van der Waals surface area contributed by atoms with Gasteiger partial charge in [0.2, 0.25) is 5.91 Å². The molecule has 0 aliphatic heterocycles. The van der Waals surface area contributed by atoms with Crippen LogP contribution in [0.1, 0.15) is 41.8 Å². The normalized spacial score (nSPS) is 16.0. The first-order chi connectivity index (χ1) is 12.1. The van der Waals surface area contributed by atoms with Gasteiger partial charge in [-0.2, -0.15) is 5.26 Å². The number of hydrogen-bond donors (Lipinski definition) is 1. The molecule has 0 radical (unpaired) electrons. The molecule has 3 rings (SSSR count). The summed E-state index contributed by atoms with van der Waals surface area (Å²) >= 11 is 1.56. The van der Waals surface area contributed by atoms with Crippen molar-refractivity contribution < 1.29 is 9.53 Å². The van der Waals surface area contributed by atoms with Gasteiger partial charge in [0.25, 0.3) is 0 Å². The standard InChI is InChI=1S/C20H22N2O2S/c1-3-24-15-7-5-14(6-8-15)11-19(23)22-20-17(12-21)16-9-4-13(2)10-18(16)25-20/h5-8,13H,3-4,9-11H2,1-2H3,(H,22,23)/t13-/m1/s1. The highest BCUT2D eigenvalue weighted by Crippen LogP contribution is 2.39. The van der Waals surface area contributed by atoms with Crippen LogP contribution < -0.4 is 10.1 Å². The van der Waals surface area contributed by atoms with Gasteiger partial charge in [0.1, 0.15) is 16.8 Å². The molecule has 1 aromatic carbocycles. The molecule has 1 atom stereocenters. The molecule has 4 nitrogen and oxygen atoms in total. The number of anilines is 1. The zero-order chi connectivity index (χ0) is 17.8. The van der Waals surface area contributed by atoms with Crippen molar-refractivity contribution in [3.63, 3.8) is 0 Å². The zero-order valence-corrected chi connectivity index (χ0v) is 15.4. The van der Waals surface area contributed by atoms with Crippen molar-refractivity contribution in [3.05, 3.63) is 45.8 Å². The van der Waals surface area contributed by atoms with Crippen LogP contribution in [0.15, 0.2) is 24.3 Å². The quantitative estimate of drug-likeness (QED) is 0.869. The topological polar surface area (TPSA) is 62.1 Å². The van der Waals surface area contributed by atoms with E-state index in [1.807, 2.05) is 31.2 Å². The fraction of sp³-hybridized carbons (Fsp3) is 0.400. The SMILES string of the molecule is CCOc1ccc(CC(=O)Nc2sc3c(c2C#N)CC[C@@H](C)C3)cc1. The molecule has 0 spiro atoms. The summed E-state index contributed by atoms with van der Waals surface area (Å²) in [7, 11) is 0. The van der Waals surface area contributed by atoms with Gasteiger partial charge in [-0.25, -0.2) is 0 Å². The van der Waals surface area contributed by atoms with Crippen molar-refractivity contribution >= 4 is 22.2 Å². The Kier molecular flexibility index (Phi) is 5.40. The number of nitrogens with one attached hydrogen (secondary N) is 1. The first kappa shape index (κ1) is 17.5. The number of fused-ring (bicyclic) bond motifs is 1. The molecule has 130 valence electrons. The lowest BCUT2D eigenvalue weighted by Crippen LogP contribution is -2.14. The smallest absolute Gasteiger partial charge is 0.229 e. The molecule has 1 aromatic heterocycles. The number of amides is 1. The largest absolute Gasteiger partial charge is 0.494 e. The molecule has 1 amide bonds. The van der Waals surface area contributed by atoms with E-state index in [1.165, 1.54) is 4.88 Å². The molecular weight excluding hydrogens is 332 g/mol. The highest BCUT2D eigenvalue weighted by atomic mass is 32.1. The van der Waals surface area contributed by atoms with Gasteiger partial charge < -0.3 is 10.1 Å². The van der Waals surface area contributed by atoms with Gasteiger partial charge in [-0.3, -0.25) is 4.79 Å². The van der Waals surface area contributed by atoms with Gasteiger partial charge in [0.15, 0.2) is 0 Å². The Labute approximate surface area is 152 Å². The second kappa shape index (κ2) is 7.71. The van der Waals surface area contributed by atoms with E-state index < -0.39 is 0 Å². The number of carbonyl (C=O) groups excluding carboxylic acids is 1. The van der Waals surface area contributed by atoms with E-state index >= 15 is 0 Å². The molecule has 0 saturated heterocycles. The third-order valence-electron chi connectivity index (χ3n) is 4.48. The highest BCUT2D eigenvalue weighted by molar-refractivity contribution is 7.16. The number of ether oxygens (including phenoxy) is 1. The average Bonchev–Trinajstić information content (AvgIpc) is 2.92. The van der Waals surface area contributed by atoms with E-state index in [0.29, 0.717) is 23.1 Å². The number of hydrogen-bond acceptors (Lipinski definition) is 4. The summed E-state index contributed by atoms with van der Waals surface area (Å²) in [5.41, 5.74) is 2.73. The van der Waals surface area contributed by atoms with Gasteiger partial charge in [0, 0.05) is 4.88 Å². The van der Waals surface area contributed by atoms with Crippen molar-refractivity contribution in [3.8, 4) is 11.8 Å². The predicted octanol–water partition coefficient (Wildman–Crippen LogP) is 4.32. The third kappa shape index (κ3) is 4.02. The van der Waals surface area contributed by atoms with Crippen LogP contribution in [0.5, 0.6) is 5.75 Å². The Balaban J connectivity index is 1.70. The van der Waals surface area contributed by atoms with E-state index in [1.54, 1.807) is 11.3 Å². The first-order valence-electron chi connectivity index (χ1n) is 8.67. The minimum atomic E-state index is -0.0905. The monoisotopic (exact) mass is 354 g/mol. The van der Waals surface area contributed by atoms with Crippen molar-refractivity contribution in [1.29, 1.82) is 5.26 Å². The summed E-state index contributed by atoms with van der Waals surface area (Å²) in [5, 5.41) is 13.2. The van der Waals surface area contributed by atoms with Gasteiger partial charge >= 0.3 is 0 Å². The van der Waals surface area contributed by atoms with Gasteiger partial charge in [0.05, 0.1) is 18.6 Å². The first-order valence-corrected chi connectivity index (χ1v) is 9.48. The van der Waals surface area contributed by atoms with Crippen molar-refractivity contribution in [2.75, 3.05) is 11.9 Å². The molecule has 25 heavy (non-hydrogen) atoms. The summed E-state index contributed by atoms with van der Waals surface area (Å²) < 4.78 is 5.41. The number of nitriles is 1. The van der Waals surface area contributed by atoms with Gasteiger partial charge in [-0.1, -0.05) is 19.1 Å². The lowest BCUT2D eigenvalue weighted by Gasteiger charge is -2.17. The second-order valence-corrected chi connectivity index (χ2v) is 7.57. The van der Waals surface area contributed by atoms with Gasteiger partial charge in [-0.15, -0.1) is 11.3 Å². The molecule has 0 bridgehead atoms. The minimum absolute atomic E-state index is 0.0905. The molecule has 2 aromatic rings. The van der Waals surface area contributed by atoms with E-state index in [-0.39, 0.29) is 12.3 Å². The van der Waals surface area contributed by atoms with Gasteiger partial charge in [-0.05, 0) is 55.4 Å². The molecular formula is C20H22N2O2S. The average molecular weight is 354 g/mol. The number of carbonyl (C=O) groups is 1. The van der Waals surface area contributed by atoms with E-state index in [9.17, 15) is 10.1 Å². The van der Waals surface area contributed by atoms with Crippen LogP contribution in [-0.4, -0.2) is 12.5 Å². The summed E-state index contributed by atoms with van der Waals surface area (Å²) in [6.07, 6.45) is 3.34. The Morgan fingerprint density at radius 1 is 1.40 bits per heavy atom. The number of nitrogens with zero attached hydrogens (tertiary/aromatic N) is 1. The van der Waals surface area contributed by atoms with Crippen LogP contribution in [0, 0.1) is 17.2 Å². The molecule has 0 unspecified atom stereocenters. The Hall–Kier alpha value is -2.32. The molecule has 1 N–H and O–H groups in total. The maximum atomic E-state index is 12.4. The fourth-order valence-electron chi connectivity index (χ4n) is 3.18. The van der Waals surface area contributed by atoms with E-state index in [2.05, 4.69) is 18.3 Å². The zero-order valence-electron chi connectivity index (χ0n) is 14.6. The lowest BCUT2D eigenvalue weighted by atomic mass is 9.88. The molecule has 1 aliphatic carbocycles. The van der Waals surface area contributed by atoms with Crippen molar-refractivity contribution in [2.24, 2.45) is 5.92 Å². The lowest BCUT2D eigenvalue weighted by molar-refractivity contribution is -0.115. The summed E-state index contributed by atoms with van der Waals surface area (Å²) in [6.45, 7) is 4.80. The van der Waals surface area contributed by atoms with E-state index in [4.69, 9.17) is 4.74 Å². The van der Waals surface area contributed by atoms with Crippen LogP contribution in [0.3, 0.4) is 0 Å². The minimum Gasteiger partial charge on any atom is -0.494 e. The molecule has 5 heteroatoms. The summed E-state index contributed by atoms with van der Waals surface area (Å²) in [4.78, 5) is 13.6. The summed E-state index contributed by atoms with van der Waals surface area (Å²) in [5.74, 6) is 1.36. The maximum absolute atomic E-state index is 12.4. The van der Waals surface area contributed by atoms with Crippen molar-refractivity contribution in [1.82, 2.24) is 0 Å². The van der Waals surface area contributed by atoms with Crippen LogP contribution >= 0.6 is 11.3 Å². The van der Waals surface area contributed by atoms with Crippen LogP contribution in [0.2, 0.25) is 0 Å². The number of benzene rings is 1. The number of rotatable bonds is 5. The summed E-state index contributed by atoms with van der Waals surface area (Å²) in [6, 6.07) is 9.83. The molecule has 0 saturated carbocycles. The molecule has 1 aliphatic rings. The molecule has 1 heterocycles. The Morgan fingerprint density at radius 2 is 2.16 bits per heavy atom. The highest BCUT2D eigenvalue weighted by Gasteiger charge is 2.24. The van der Waals surface area contributed by atoms with Crippen LogP contribution in [-0.2, 0) is 24.1 Å². The predicted molar refractivity (Wildman–Crippen MR) is 100 cm³/mol. The van der Waals surface area contributed by atoms with Crippen molar-refractivity contribution in [2.45, 2.75) is 39.5 Å². The molecule has 0 fully saturated rings. The van der Waals surface area contributed by atoms with Crippen LogP contribution in [0.25, 0.3) is 0 Å².